The fourth-order valence-corrected chi connectivity index (χ4v) is 2.59. The minimum atomic E-state index is -0.158. The normalized spacial score (nSPS) is 12.1. The van der Waals surface area contributed by atoms with Crippen LogP contribution in [0.1, 0.15) is 19.7 Å². The lowest BCUT2D eigenvalue weighted by Crippen LogP contribution is -2.13. The molecule has 1 unspecified atom stereocenters. The molecule has 2 aromatic carbocycles. The molecule has 0 bridgehead atoms. The number of hydrogen-bond donors (Lipinski definition) is 1. The van der Waals surface area contributed by atoms with Gasteiger partial charge in [-0.15, -0.1) is 0 Å². The summed E-state index contributed by atoms with van der Waals surface area (Å²) < 4.78 is 0. The predicted octanol–water partition coefficient (Wildman–Crippen LogP) is 4.19. The summed E-state index contributed by atoms with van der Waals surface area (Å²) in [5.74, 6) is 0.807. The predicted molar refractivity (Wildman–Crippen MR) is 95.6 cm³/mol. The van der Waals surface area contributed by atoms with E-state index in [0.29, 0.717) is 18.2 Å². The minimum absolute atomic E-state index is 0.0927. The lowest BCUT2D eigenvalue weighted by Gasteiger charge is -2.11. The van der Waals surface area contributed by atoms with Crippen LogP contribution in [0.2, 0.25) is 5.28 Å². The molecule has 0 saturated heterocycles. The van der Waals surface area contributed by atoms with Gasteiger partial charge in [0.2, 0.25) is 11.2 Å². The lowest BCUT2D eigenvalue weighted by atomic mass is 10.0. The highest BCUT2D eigenvalue weighted by atomic mass is 35.5. The first-order valence-electron chi connectivity index (χ1n) is 7.68. The third-order valence-electron chi connectivity index (χ3n) is 3.87. The van der Waals surface area contributed by atoms with Gasteiger partial charge in [0.1, 0.15) is 11.6 Å². The van der Waals surface area contributed by atoms with Crippen LogP contribution in [0.25, 0.3) is 10.8 Å². The van der Waals surface area contributed by atoms with E-state index in [1.807, 2.05) is 49.4 Å². The number of halogens is 1. The Bertz CT molecular complexity index is 892. The van der Waals surface area contributed by atoms with Crippen LogP contribution in [0.4, 0.5) is 11.6 Å². The second kappa shape index (κ2) is 6.93. The molecule has 0 radical (unpaired) electrons. The highest BCUT2D eigenvalue weighted by Crippen LogP contribution is 2.25. The van der Waals surface area contributed by atoms with Crippen LogP contribution < -0.4 is 5.32 Å². The summed E-state index contributed by atoms with van der Waals surface area (Å²) in [7, 11) is 0. The van der Waals surface area contributed by atoms with E-state index in [1.54, 1.807) is 6.92 Å². The Morgan fingerprint density at radius 2 is 1.88 bits per heavy atom. The zero-order valence-electron chi connectivity index (χ0n) is 13.5. The van der Waals surface area contributed by atoms with Gasteiger partial charge in [0.05, 0.1) is 0 Å². The first kappa shape index (κ1) is 16.3. The van der Waals surface area contributed by atoms with Gasteiger partial charge in [0.25, 0.3) is 0 Å². The molecular weight excluding hydrogens is 324 g/mol. The Morgan fingerprint density at radius 3 is 2.67 bits per heavy atom. The van der Waals surface area contributed by atoms with Crippen molar-refractivity contribution >= 4 is 39.8 Å². The Hall–Kier alpha value is -2.53. The van der Waals surface area contributed by atoms with E-state index < -0.39 is 0 Å². The maximum absolute atomic E-state index is 11.4. The highest BCUT2D eigenvalue weighted by Gasteiger charge is 2.13. The maximum atomic E-state index is 11.4. The van der Waals surface area contributed by atoms with Gasteiger partial charge in [-0.2, -0.15) is 9.97 Å². The Morgan fingerprint density at radius 1 is 1.12 bits per heavy atom. The SMILES string of the molecule is CC(=O)C(C)Cc1nc(Cl)nc(Nc2cccc3ccccc23)n1. The number of carbonyl (C=O) groups is 1. The van der Waals surface area contributed by atoms with E-state index in [-0.39, 0.29) is 17.0 Å². The third kappa shape index (κ3) is 3.68. The van der Waals surface area contributed by atoms with Crippen molar-refractivity contribution < 1.29 is 4.79 Å². The van der Waals surface area contributed by atoms with E-state index in [9.17, 15) is 4.79 Å². The van der Waals surface area contributed by atoms with Crippen molar-refractivity contribution in [2.24, 2.45) is 5.92 Å². The quantitative estimate of drug-likeness (QED) is 0.754. The number of aromatic nitrogens is 3. The van der Waals surface area contributed by atoms with E-state index in [0.717, 1.165) is 16.5 Å². The Kier molecular flexibility index (Phi) is 4.71. The largest absolute Gasteiger partial charge is 0.323 e. The average molecular weight is 341 g/mol. The first-order valence-corrected chi connectivity index (χ1v) is 8.06. The molecule has 0 spiro atoms. The molecule has 3 rings (SSSR count). The van der Waals surface area contributed by atoms with Crippen molar-refractivity contribution in [3.05, 3.63) is 53.6 Å². The van der Waals surface area contributed by atoms with E-state index in [4.69, 9.17) is 11.6 Å². The summed E-state index contributed by atoms with van der Waals surface area (Å²) in [6, 6.07) is 14.0. The fourth-order valence-electron chi connectivity index (χ4n) is 2.41. The van der Waals surface area contributed by atoms with Crippen molar-refractivity contribution in [2.75, 3.05) is 5.32 Å². The molecule has 1 aromatic heterocycles. The van der Waals surface area contributed by atoms with Crippen molar-refractivity contribution in [2.45, 2.75) is 20.3 Å². The summed E-state index contributed by atoms with van der Waals surface area (Å²) in [5, 5.41) is 5.49. The smallest absolute Gasteiger partial charge is 0.231 e. The molecule has 1 atom stereocenters. The molecule has 0 amide bonds. The Balaban J connectivity index is 1.92. The van der Waals surface area contributed by atoms with Gasteiger partial charge < -0.3 is 5.32 Å². The van der Waals surface area contributed by atoms with Gasteiger partial charge in [0.15, 0.2) is 0 Å². The molecule has 0 aliphatic heterocycles. The second-order valence-electron chi connectivity index (χ2n) is 5.71. The summed E-state index contributed by atoms with van der Waals surface area (Å²) in [5.41, 5.74) is 0.890. The molecule has 122 valence electrons. The second-order valence-corrected chi connectivity index (χ2v) is 6.05. The number of nitrogens with zero attached hydrogens (tertiary/aromatic N) is 3. The van der Waals surface area contributed by atoms with Crippen LogP contribution in [0.5, 0.6) is 0 Å². The van der Waals surface area contributed by atoms with E-state index in [2.05, 4.69) is 20.3 Å². The topological polar surface area (TPSA) is 67.8 Å². The van der Waals surface area contributed by atoms with Crippen LogP contribution in [-0.4, -0.2) is 20.7 Å². The van der Waals surface area contributed by atoms with Gasteiger partial charge in [-0.1, -0.05) is 43.3 Å². The van der Waals surface area contributed by atoms with Gasteiger partial charge in [-0.25, -0.2) is 4.98 Å². The Labute approximate surface area is 145 Å². The average Bonchev–Trinajstić information content (AvgIpc) is 2.54. The zero-order chi connectivity index (χ0) is 17.1. The molecule has 5 nitrogen and oxygen atoms in total. The van der Waals surface area contributed by atoms with Crippen molar-refractivity contribution in [1.82, 2.24) is 15.0 Å². The molecule has 1 heterocycles. The van der Waals surface area contributed by atoms with Gasteiger partial charge >= 0.3 is 0 Å². The minimum Gasteiger partial charge on any atom is -0.323 e. The number of benzene rings is 2. The number of anilines is 2. The van der Waals surface area contributed by atoms with E-state index >= 15 is 0 Å². The highest BCUT2D eigenvalue weighted by molar-refractivity contribution is 6.28. The lowest BCUT2D eigenvalue weighted by molar-refractivity contribution is -0.120. The van der Waals surface area contributed by atoms with E-state index in [1.165, 1.54) is 0 Å². The first-order chi connectivity index (χ1) is 11.5. The van der Waals surface area contributed by atoms with Crippen molar-refractivity contribution in [1.29, 1.82) is 0 Å². The fraction of sp³-hybridized carbons (Fsp3) is 0.222. The third-order valence-corrected chi connectivity index (χ3v) is 4.04. The van der Waals surface area contributed by atoms with Gasteiger partial charge in [0, 0.05) is 23.4 Å². The molecule has 3 aromatic rings. The molecular formula is C18H17ClN4O. The molecule has 0 fully saturated rings. The van der Waals surface area contributed by atoms with Crippen LogP contribution in [0, 0.1) is 5.92 Å². The summed E-state index contributed by atoms with van der Waals surface area (Å²) in [6.07, 6.45) is 0.432. The number of hydrogen-bond acceptors (Lipinski definition) is 5. The number of rotatable bonds is 5. The number of fused-ring (bicyclic) bond motifs is 1. The number of nitrogens with one attached hydrogen (secondary N) is 1. The van der Waals surface area contributed by atoms with Crippen LogP contribution in [0.3, 0.4) is 0 Å². The number of carbonyl (C=O) groups excluding carboxylic acids is 1. The van der Waals surface area contributed by atoms with Crippen molar-refractivity contribution in [3.8, 4) is 0 Å². The molecule has 0 aliphatic rings. The maximum Gasteiger partial charge on any atom is 0.231 e. The molecule has 24 heavy (non-hydrogen) atoms. The molecule has 0 saturated carbocycles. The van der Waals surface area contributed by atoms with Crippen molar-refractivity contribution in [3.63, 3.8) is 0 Å². The van der Waals surface area contributed by atoms with Crippen LogP contribution >= 0.6 is 11.6 Å². The number of ketones is 1. The number of Topliss-reactive ketones (excluding diaryl/α,β-unsaturated/α-hetero) is 1. The van der Waals surface area contributed by atoms with Crippen LogP contribution in [-0.2, 0) is 11.2 Å². The molecule has 6 heteroatoms. The molecule has 0 aliphatic carbocycles. The monoisotopic (exact) mass is 340 g/mol. The summed E-state index contributed by atoms with van der Waals surface area (Å²) >= 11 is 6.01. The zero-order valence-corrected chi connectivity index (χ0v) is 14.2. The molecule has 1 N–H and O–H groups in total. The summed E-state index contributed by atoms with van der Waals surface area (Å²) in [4.78, 5) is 24.1. The standard InChI is InChI=1S/C18H17ClN4O/c1-11(12(2)24)10-16-21-17(19)23-18(22-16)20-15-9-5-7-13-6-3-4-8-14(13)15/h3-9,11H,10H2,1-2H3,(H,20,21,22,23). The van der Waals surface area contributed by atoms with Gasteiger partial charge in [-0.05, 0) is 30.0 Å². The van der Waals surface area contributed by atoms with Gasteiger partial charge in [-0.3, -0.25) is 4.79 Å². The van der Waals surface area contributed by atoms with Crippen LogP contribution in [0.15, 0.2) is 42.5 Å². The summed E-state index contributed by atoms with van der Waals surface area (Å²) in [6.45, 7) is 3.40.